The van der Waals surface area contributed by atoms with Crippen molar-refractivity contribution in [3.63, 3.8) is 0 Å². The minimum Gasteiger partial charge on any atom is -0.349 e. The minimum absolute atomic E-state index is 0.0934. The molecule has 2 N–H and O–H groups in total. The summed E-state index contributed by atoms with van der Waals surface area (Å²) in [4.78, 5) is 16.6. The number of amides is 1. The highest BCUT2D eigenvalue weighted by atomic mass is 35.5. The third-order valence-corrected chi connectivity index (χ3v) is 5.06. The first-order valence-electron chi connectivity index (χ1n) is 8.19. The number of hydrogen-bond donors (Lipinski definition) is 2. The Morgan fingerprint density at radius 3 is 2.69 bits per heavy atom. The van der Waals surface area contributed by atoms with Gasteiger partial charge in [0.15, 0.2) is 5.82 Å². The molecule has 7 heteroatoms. The molecule has 0 bridgehead atoms. The van der Waals surface area contributed by atoms with Crippen molar-refractivity contribution in [3.05, 3.63) is 64.7 Å². The topological polar surface area (TPSA) is 70.7 Å². The number of aryl methyl sites for hydroxylation is 1. The monoisotopic (exact) mass is 386 g/mol. The van der Waals surface area contributed by atoms with Crippen LogP contribution < -0.4 is 5.32 Å². The summed E-state index contributed by atoms with van der Waals surface area (Å²) in [5.41, 5.74) is 3.05. The number of nitrogens with zero attached hydrogens (tertiary/aromatic N) is 2. The Kier molecular flexibility index (Phi) is 5.96. The molecule has 0 unspecified atom stereocenters. The van der Waals surface area contributed by atoms with Gasteiger partial charge in [0.1, 0.15) is 0 Å². The second-order valence-corrected chi connectivity index (χ2v) is 7.28. The molecule has 1 aromatic heterocycles. The predicted molar refractivity (Wildman–Crippen MR) is 105 cm³/mol. The van der Waals surface area contributed by atoms with Crippen molar-refractivity contribution in [2.45, 2.75) is 25.0 Å². The summed E-state index contributed by atoms with van der Waals surface area (Å²) in [6.07, 6.45) is 0. The summed E-state index contributed by atoms with van der Waals surface area (Å²) >= 11 is 7.46. The summed E-state index contributed by atoms with van der Waals surface area (Å²) in [6, 6.07) is 15.3. The van der Waals surface area contributed by atoms with Gasteiger partial charge in [-0.05, 0) is 25.5 Å². The van der Waals surface area contributed by atoms with Gasteiger partial charge in [-0.3, -0.25) is 9.89 Å². The minimum atomic E-state index is -0.160. The van der Waals surface area contributed by atoms with Gasteiger partial charge in [-0.1, -0.05) is 71.4 Å². The number of nitrogens with one attached hydrogen (secondary N) is 2. The van der Waals surface area contributed by atoms with E-state index in [2.05, 4.69) is 20.5 Å². The SMILES string of the molecule is Cc1ccc(-c2nc(SCC(=O)N[C@@H](C)c3ccccc3Cl)n[nH]2)cc1. The highest BCUT2D eigenvalue weighted by Gasteiger charge is 2.14. The van der Waals surface area contributed by atoms with Crippen LogP contribution in [-0.2, 0) is 4.79 Å². The third-order valence-electron chi connectivity index (χ3n) is 3.87. The Morgan fingerprint density at radius 1 is 1.23 bits per heavy atom. The van der Waals surface area contributed by atoms with E-state index in [1.165, 1.54) is 17.3 Å². The van der Waals surface area contributed by atoms with E-state index in [1.54, 1.807) is 0 Å². The van der Waals surface area contributed by atoms with Crippen molar-refractivity contribution in [1.82, 2.24) is 20.5 Å². The van der Waals surface area contributed by atoms with Crippen LogP contribution in [0.15, 0.2) is 53.7 Å². The molecule has 0 aliphatic rings. The molecule has 0 spiro atoms. The number of aromatic amines is 1. The molecular weight excluding hydrogens is 368 g/mol. The van der Waals surface area contributed by atoms with Crippen LogP contribution in [0.4, 0.5) is 0 Å². The first-order chi connectivity index (χ1) is 12.5. The molecule has 1 atom stereocenters. The van der Waals surface area contributed by atoms with Gasteiger partial charge in [-0.2, -0.15) is 0 Å². The smallest absolute Gasteiger partial charge is 0.230 e. The lowest BCUT2D eigenvalue weighted by molar-refractivity contribution is -0.119. The maximum atomic E-state index is 12.2. The Hall–Kier alpha value is -2.31. The standard InChI is InChI=1S/C19H19ClN4OS/c1-12-7-9-14(10-8-12)18-22-19(24-23-18)26-11-17(25)21-13(2)15-5-3-4-6-16(15)20/h3-10,13H,11H2,1-2H3,(H,21,25)(H,22,23,24)/t13-/m0/s1. The molecule has 1 heterocycles. The van der Waals surface area contributed by atoms with E-state index in [9.17, 15) is 4.79 Å². The number of thioether (sulfide) groups is 1. The summed E-state index contributed by atoms with van der Waals surface area (Å²) in [7, 11) is 0. The van der Waals surface area contributed by atoms with Crippen LogP contribution in [0.3, 0.4) is 0 Å². The van der Waals surface area contributed by atoms with Crippen LogP contribution in [0, 0.1) is 6.92 Å². The number of carbonyl (C=O) groups is 1. The summed E-state index contributed by atoms with van der Waals surface area (Å²) in [5.74, 6) is 0.835. The molecule has 26 heavy (non-hydrogen) atoms. The number of H-pyrrole nitrogens is 1. The molecule has 2 aromatic carbocycles. The van der Waals surface area contributed by atoms with Gasteiger partial charge in [0.05, 0.1) is 11.8 Å². The molecule has 0 saturated heterocycles. The van der Waals surface area contributed by atoms with E-state index >= 15 is 0 Å². The Balaban J connectivity index is 1.55. The molecule has 134 valence electrons. The van der Waals surface area contributed by atoms with Crippen molar-refractivity contribution in [2.75, 3.05) is 5.75 Å². The number of benzene rings is 2. The van der Waals surface area contributed by atoms with E-state index in [0.29, 0.717) is 16.0 Å². The average molecular weight is 387 g/mol. The molecule has 0 aliphatic heterocycles. The number of hydrogen-bond acceptors (Lipinski definition) is 4. The normalized spacial score (nSPS) is 12.0. The third kappa shape index (κ3) is 4.65. The van der Waals surface area contributed by atoms with Gasteiger partial charge in [0.25, 0.3) is 0 Å². The van der Waals surface area contributed by atoms with E-state index in [4.69, 9.17) is 11.6 Å². The maximum absolute atomic E-state index is 12.2. The predicted octanol–water partition coefficient (Wildman–Crippen LogP) is 4.40. The quantitative estimate of drug-likeness (QED) is 0.616. The largest absolute Gasteiger partial charge is 0.349 e. The Labute approximate surface area is 161 Å². The zero-order valence-electron chi connectivity index (χ0n) is 14.5. The molecule has 3 rings (SSSR count). The second kappa shape index (κ2) is 8.38. The number of halogens is 1. The van der Waals surface area contributed by atoms with E-state index < -0.39 is 0 Å². The van der Waals surface area contributed by atoms with Crippen LogP contribution >= 0.6 is 23.4 Å². The van der Waals surface area contributed by atoms with Crippen molar-refractivity contribution in [3.8, 4) is 11.4 Å². The average Bonchev–Trinajstić information content (AvgIpc) is 3.10. The Morgan fingerprint density at radius 2 is 1.96 bits per heavy atom. The first kappa shape index (κ1) is 18.5. The summed E-state index contributed by atoms with van der Waals surface area (Å²) in [6.45, 7) is 3.94. The highest BCUT2D eigenvalue weighted by molar-refractivity contribution is 7.99. The molecule has 0 saturated carbocycles. The van der Waals surface area contributed by atoms with Crippen LogP contribution in [0.1, 0.15) is 24.1 Å². The fraction of sp³-hybridized carbons (Fsp3) is 0.211. The van der Waals surface area contributed by atoms with Gasteiger partial charge in [-0.25, -0.2) is 4.98 Å². The van der Waals surface area contributed by atoms with E-state index in [0.717, 1.165) is 11.1 Å². The van der Waals surface area contributed by atoms with Crippen LogP contribution in [0.2, 0.25) is 5.02 Å². The zero-order chi connectivity index (χ0) is 18.5. The van der Waals surface area contributed by atoms with Crippen molar-refractivity contribution < 1.29 is 4.79 Å². The lowest BCUT2D eigenvalue weighted by Gasteiger charge is -2.15. The molecule has 0 fully saturated rings. The van der Waals surface area contributed by atoms with Crippen molar-refractivity contribution in [2.24, 2.45) is 0 Å². The van der Waals surface area contributed by atoms with E-state index in [-0.39, 0.29) is 17.7 Å². The second-order valence-electron chi connectivity index (χ2n) is 5.93. The molecule has 0 aliphatic carbocycles. The van der Waals surface area contributed by atoms with Gasteiger partial charge in [-0.15, -0.1) is 5.10 Å². The zero-order valence-corrected chi connectivity index (χ0v) is 16.1. The number of rotatable bonds is 6. The lowest BCUT2D eigenvalue weighted by atomic mass is 10.1. The molecule has 5 nitrogen and oxygen atoms in total. The molecule has 0 radical (unpaired) electrons. The fourth-order valence-electron chi connectivity index (χ4n) is 2.47. The van der Waals surface area contributed by atoms with Gasteiger partial charge in [0, 0.05) is 10.6 Å². The number of aromatic nitrogens is 3. The lowest BCUT2D eigenvalue weighted by Crippen LogP contribution is -2.28. The van der Waals surface area contributed by atoms with Gasteiger partial charge in [0.2, 0.25) is 11.1 Å². The van der Waals surface area contributed by atoms with Crippen LogP contribution in [0.5, 0.6) is 0 Å². The molecule has 1 amide bonds. The maximum Gasteiger partial charge on any atom is 0.230 e. The molecular formula is C19H19ClN4OS. The van der Waals surface area contributed by atoms with Gasteiger partial charge < -0.3 is 5.32 Å². The fourth-order valence-corrected chi connectivity index (χ4v) is 3.38. The van der Waals surface area contributed by atoms with Gasteiger partial charge >= 0.3 is 0 Å². The Bertz CT molecular complexity index is 895. The van der Waals surface area contributed by atoms with E-state index in [1.807, 2.05) is 62.4 Å². The summed E-state index contributed by atoms with van der Waals surface area (Å²) in [5, 5.41) is 11.2. The first-order valence-corrected chi connectivity index (χ1v) is 9.55. The van der Waals surface area contributed by atoms with Crippen molar-refractivity contribution >= 4 is 29.3 Å². The highest BCUT2D eigenvalue weighted by Crippen LogP contribution is 2.23. The molecule has 3 aromatic rings. The van der Waals surface area contributed by atoms with Crippen LogP contribution in [-0.4, -0.2) is 26.8 Å². The number of carbonyl (C=O) groups excluding carboxylic acids is 1. The van der Waals surface area contributed by atoms with Crippen molar-refractivity contribution in [1.29, 1.82) is 0 Å². The van der Waals surface area contributed by atoms with Crippen LogP contribution in [0.25, 0.3) is 11.4 Å². The summed E-state index contributed by atoms with van der Waals surface area (Å²) < 4.78 is 0.